The van der Waals surface area contributed by atoms with Gasteiger partial charge >= 0.3 is 0 Å². The summed E-state index contributed by atoms with van der Waals surface area (Å²) in [5.41, 5.74) is 1.89. The third-order valence-corrected chi connectivity index (χ3v) is 3.41. The highest BCUT2D eigenvalue weighted by Gasteiger charge is 2.12. The summed E-state index contributed by atoms with van der Waals surface area (Å²) in [6.45, 7) is 5.95. The van der Waals surface area contributed by atoms with Crippen LogP contribution in [0.15, 0.2) is 24.3 Å². The second-order valence-electron chi connectivity index (χ2n) is 4.54. The molecule has 0 saturated carbocycles. The van der Waals surface area contributed by atoms with Gasteiger partial charge in [0.05, 0.1) is 25.1 Å². The van der Waals surface area contributed by atoms with Crippen molar-refractivity contribution in [1.29, 1.82) is 5.26 Å². The van der Waals surface area contributed by atoms with Crippen molar-refractivity contribution < 1.29 is 4.74 Å². The van der Waals surface area contributed by atoms with Crippen LogP contribution in [0.25, 0.3) is 10.9 Å². The summed E-state index contributed by atoms with van der Waals surface area (Å²) >= 11 is 0. The van der Waals surface area contributed by atoms with Crippen LogP contribution in [0.5, 0.6) is 5.75 Å². The lowest BCUT2D eigenvalue weighted by Crippen LogP contribution is -2.24. The van der Waals surface area contributed by atoms with E-state index in [4.69, 9.17) is 15.0 Å². The topological polar surface area (TPSA) is 49.2 Å². The molecule has 0 saturated heterocycles. The first-order valence-corrected chi connectivity index (χ1v) is 6.83. The minimum absolute atomic E-state index is 0.367. The number of aromatic nitrogens is 1. The van der Waals surface area contributed by atoms with Crippen molar-refractivity contribution in [3.05, 3.63) is 29.8 Å². The van der Waals surface area contributed by atoms with Crippen LogP contribution in [-0.2, 0) is 6.42 Å². The van der Waals surface area contributed by atoms with E-state index in [0.29, 0.717) is 6.42 Å². The normalized spacial score (nSPS) is 10.3. The molecule has 0 bridgehead atoms. The van der Waals surface area contributed by atoms with Crippen molar-refractivity contribution in [1.82, 2.24) is 4.98 Å². The molecule has 0 amide bonds. The van der Waals surface area contributed by atoms with Crippen LogP contribution in [0.2, 0.25) is 0 Å². The highest BCUT2D eigenvalue weighted by Crippen LogP contribution is 2.26. The number of fused-ring (bicyclic) bond motifs is 1. The van der Waals surface area contributed by atoms with E-state index in [1.165, 1.54) is 0 Å². The summed E-state index contributed by atoms with van der Waals surface area (Å²) in [4.78, 5) is 6.91. The van der Waals surface area contributed by atoms with Gasteiger partial charge in [-0.2, -0.15) is 5.26 Å². The van der Waals surface area contributed by atoms with E-state index in [-0.39, 0.29) is 0 Å². The highest BCUT2D eigenvalue weighted by atomic mass is 16.5. The fourth-order valence-corrected chi connectivity index (χ4v) is 2.33. The molecular formula is C16H19N3O. The fourth-order valence-electron chi connectivity index (χ4n) is 2.33. The molecule has 0 atom stereocenters. The summed E-state index contributed by atoms with van der Waals surface area (Å²) in [6.07, 6.45) is 0.367. The number of benzene rings is 1. The van der Waals surface area contributed by atoms with Gasteiger partial charge in [-0.15, -0.1) is 0 Å². The van der Waals surface area contributed by atoms with E-state index in [0.717, 1.165) is 41.1 Å². The maximum absolute atomic E-state index is 9.02. The Bertz CT molecular complexity index is 642. The lowest BCUT2D eigenvalue weighted by atomic mass is 10.1. The van der Waals surface area contributed by atoms with Crippen LogP contribution < -0.4 is 9.64 Å². The minimum Gasteiger partial charge on any atom is -0.497 e. The molecule has 0 fully saturated rings. The van der Waals surface area contributed by atoms with Crippen molar-refractivity contribution in [3.8, 4) is 11.8 Å². The molecule has 0 aliphatic carbocycles. The molecule has 2 rings (SSSR count). The minimum atomic E-state index is 0.367. The lowest BCUT2D eigenvalue weighted by Gasteiger charge is -2.22. The standard InChI is InChI=1S/C16H19N3O/c1-4-19(5-2)16-12(8-9-17)10-13-11-14(20-3)6-7-15(13)18-16/h6-7,10-11H,4-5,8H2,1-3H3. The van der Waals surface area contributed by atoms with E-state index in [2.05, 4.69) is 24.8 Å². The zero-order chi connectivity index (χ0) is 14.5. The van der Waals surface area contributed by atoms with Crippen molar-refractivity contribution >= 4 is 16.7 Å². The molecule has 1 aromatic heterocycles. The Kier molecular flexibility index (Phi) is 4.41. The Morgan fingerprint density at radius 2 is 2.00 bits per heavy atom. The zero-order valence-electron chi connectivity index (χ0n) is 12.2. The predicted octanol–water partition coefficient (Wildman–Crippen LogP) is 3.16. The molecule has 0 aliphatic heterocycles. The number of pyridine rings is 1. The average Bonchev–Trinajstić information content (AvgIpc) is 2.48. The second kappa shape index (κ2) is 6.25. The van der Waals surface area contributed by atoms with Crippen molar-refractivity contribution in [2.75, 3.05) is 25.1 Å². The third kappa shape index (κ3) is 2.67. The van der Waals surface area contributed by atoms with Crippen LogP contribution in [0.4, 0.5) is 5.82 Å². The van der Waals surface area contributed by atoms with Gasteiger partial charge < -0.3 is 9.64 Å². The molecular weight excluding hydrogens is 250 g/mol. The van der Waals surface area contributed by atoms with E-state index in [1.807, 2.05) is 24.3 Å². The van der Waals surface area contributed by atoms with E-state index in [9.17, 15) is 0 Å². The van der Waals surface area contributed by atoms with Gasteiger partial charge in [-0.3, -0.25) is 0 Å². The number of hydrogen-bond acceptors (Lipinski definition) is 4. The smallest absolute Gasteiger partial charge is 0.133 e. The molecule has 0 spiro atoms. The molecule has 0 aliphatic rings. The van der Waals surface area contributed by atoms with Crippen LogP contribution in [0.1, 0.15) is 19.4 Å². The van der Waals surface area contributed by atoms with Crippen molar-refractivity contribution in [2.45, 2.75) is 20.3 Å². The SMILES string of the molecule is CCN(CC)c1nc2ccc(OC)cc2cc1CC#N. The van der Waals surface area contributed by atoms with Gasteiger partial charge in [-0.05, 0) is 38.1 Å². The molecule has 0 unspecified atom stereocenters. The fraction of sp³-hybridized carbons (Fsp3) is 0.375. The quantitative estimate of drug-likeness (QED) is 0.836. The third-order valence-electron chi connectivity index (χ3n) is 3.41. The number of nitrogens with zero attached hydrogens (tertiary/aromatic N) is 3. The van der Waals surface area contributed by atoms with Crippen LogP contribution in [-0.4, -0.2) is 25.2 Å². The first-order valence-electron chi connectivity index (χ1n) is 6.83. The molecule has 1 heterocycles. The molecule has 2 aromatic rings. The van der Waals surface area contributed by atoms with Crippen molar-refractivity contribution in [2.24, 2.45) is 0 Å². The summed E-state index contributed by atoms with van der Waals surface area (Å²) in [7, 11) is 1.65. The Morgan fingerprint density at radius 3 is 2.60 bits per heavy atom. The number of anilines is 1. The van der Waals surface area contributed by atoms with E-state index < -0.39 is 0 Å². The predicted molar refractivity (Wildman–Crippen MR) is 81.2 cm³/mol. The molecule has 104 valence electrons. The zero-order valence-corrected chi connectivity index (χ0v) is 12.2. The highest BCUT2D eigenvalue weighted by molar-refractivity contribution is 5.83. The molecule has 20 heavy (non-hydrogen) atoms. The summed E-state index contributed by atoms with van der Waals surface area (Å²) in [6, 6.07) is 10.1. The number of methoxy groups -OCH3 is 1. The Hall–Kier alpha value is -2.28. The number of rotatable bonds is 5. The van der Waals surface area contributed by atoms with Gasteiger partial charge in [0.15, 0.2) is 0 Å². The summed E-state index contributed by atoms with van der Waals surface area (Å²) < 4.78 is 5.24. The van der Waals surface area contributed by atoms with Crippen LogP contribution in [0, 0.1) is 11.3 Å². The summed E-state index contributed by atoms with van der Waals surface area (Å²) in [5, 5.41) is 10.0. The van der Waals surface area contributed by atoms with E-state index >= 15 is 0 Å². The van der Waals surface area contributed by atoms with Gasteiger partial charge in [-0.1, -0.05) is 0 Å². The molecule has 4 heteroatoms. The number of hydrogen-bond donors (Lipinski definition) is 0. The molecule has 4 nitrogen and oxygen atoms in total. The van der Waals surface area contributed by atoms with Gasteiger partial charge in [-0.25, -0.2) is 4.98 Å². The average molecular weight is 269 g/mol. The molecule has 0 radical (unpaired) electrons. The van der Waals surface area contributed by atoms with Crippen LogP contribution >= 0.6 is 0 Å². The first-order chi connectivity index (χ1) is 9.73. The Morgan fingerprint density at radius 1 is 1.25 bits per heavy atom. The number of nitriles is 1. The largest absolute Gasteiger partial charge is 0.497 e. The number of ether oxygens (including phenoxy) is 1. The van der Waals surface area contributed by atoms with Gasteiger partial charge in [0.2, 0.25) is 0 Å². The molecule has 0 N–H and O–H groups in total. The van der Waals surface area contributed by atoms with Gasteiger partial charge in [0, 0.05) is 24.0 Å². The lowest BCUT2D eigenvalue weighted by molar-refractivity contribution is 0.415. The maximum atomic E-state index is 9.02. The van der Waals surface area contributed by atoms with Gasteiger partial charge in [0.1, 0.15) is 11.6 Å². The maximum Gasteiger partial charge on any atom is 0.133 e. The Balaban J connectivity index is 2.61. The van der Waals surface area contributed by atoms with Gasteiger partial charge in [0.25, 0.3) is 0 Å². The first kappa shape index (κ1) is 14.1. The Labute approximate surface area is 119 Å². The van der Waals surface area contributed by atoms with Crippen LogP contribution in [0.3, 0.4) is 0 Å². The van der Waals surface area contributed by atoms with Crippen molar-refractivity contribution in [3.63, 3.8) is 0 Å². The van der Waals surface area contributed by atoms with E-state index in [1.54, 1.807) is 7.11 Å². The monoisotopic (exact) mass is 269 g/mol. The molecule has 1 aromatic carbocycles. The summed E-state index contributed by atoms with van der Waals surface area (Å²) in [5.74, 6) is 1.71. The second-order valence-corrected chi connectivity index (χ2v) is 4.54.